The van der Waals surface area contributed by atoms with Crippen LogP contribution in [0, 0.1) is 0 Å². The highest BCUT2D eigenvalue weighted by Gasteiger charge is 2.74. The first-order valence-corrected chi connectivity index (χ1v) is 4.51. The lowest BCUT2D eigenvalue weighted by Gasteiger charge is -2.30. The van der Waals surface area contributed by atoms with Crippen LogP contribution in [0.1, 0.15) is 0 Å². The molecule has 1 unspecified atom stereocenters. The Hall–Kier alpha value is 0.120. The van der Waals surface area contributed by atoms with Gasteiger partial charge in [0.05, 0.1) is 5.03 Å². The maximum Gasteiger partial charge on any atom is 0.390 e. The van der Waals surface area contributed by atoms with Gasteiger partial charge in [-0.1, -0.05) is 23.2 Å². The number of hydrogen-bond donors (Lipinski definition) is 0. The topological polar surface area (TPSA) is 0 Å². The molecular formula is C6H2Cl3F7. The number of rotatable bonds is 4. The largest absolute Gasteiger partial charge is 0.390 e. The molecule has 1 atom stereocenters. The molecule has 0 rings (SSSR count). The van der Waals surface area contributed by atoms with Crippen molar-refractivity contribution in [3.05, 3.63) is 10.6 Å². The van der Waals surface area contributed by atoms with Crippen LogP contribution in [-0.4, -0.2) is 23.4 Å². The fourth-order valence-electron chi connectivity index (χ4n) is 0.577. The summed E-state index contributed by atoms with van der Waals surface area (Å²) in [4.78, 5) is 0. The summed E-state index contributed by atoms with van der Waals surface area (Å²) >= 11 is 13.2. The van der Waals surface area contributed by atoms with Crippen LogP contribution in [0.25, 0.3) is 0 Å². The first kappa shape index (κ1) is 16.1. The van der Waals surface area contributed by atoms with E-state index in [0.29, 0.717) is 0 Å². The molecule has 0 aromatic rings. The average molecular weight is 313 g/mol. The highest BCUT2D eigenvalue weighted by Crippen LogP contribution is 2.51. The molecule has 0 heterocycles. The Morgan fingerprint density at radius 3 is 1.69 bits per heavy atom. The van der Waals surface area contributed by atoms with E-state index in [0.717, 1.165) is 0 Å². The minimum Gasteiger partial charge on any atom is -0.234 e. The zero-order valence-corrected chi connectivity index (χ0v) is 9.20. The minimum absolute atomic E-state index is 0.0165. The van der Waals surface area contributed by atoms with Crippen molar-refractivity contribution < 1.29 is 30.7 Å². The molecule has 0 aromatic carbocycles. The van der Waals surface area contributed by atoms with Crippen molar-refractivity contribution in [1.82, 2.24) is 0 Å². The Labute approximate surface area is 99.9 Å². The second-order valence-corrected chi connectivity index (χ2v) is 3.68. The summed E-state index contributed by atoms with van der Waals surface area (Å²) in [5.74, 6) is -11.9. The summed E-state index contributed by atoms with van der Waals surface area (Å²) in [5, 5.41) is -7.18. The Morgan fingerprint density at radius 2 is 1.44 bits per heavy atom. The van der Waals surface area contributed by atoms with Gasteiger partial charge in [-0.2, -0.15) is 26.3 Å². The Morgan fingerprint density at radius 1 is 1.06 bits per heavy atom. The van der Waals surface area contributed by atoms with Crippen LogP contribution in [0.4, 0.5) is 30.7 Å². The highest BCUT2D eigenvalue weighted by atomic mass is 35.5. The average Bonchev–Trinajstić information content (AvgIpc) is 2.13. The van der Waals surface area contributed by atoms with Crippen molar-refractivity contribution in [3.63, 3.8) is 0 Å². The van der Waals surface area contributed by atoms with E-state index in [1.807, 2.05) is 0 Å². The van der Waals surface area contributed by atoms with E-state index < -0.39 is 28.4 Å². The number of hydrogen-bond acceptors (Lipinski definition) is 0. The standard InChI is InChI=1S/C6H2Cl3F7/c7-1-2(8)3(10)4(11,12)5(13,14)6(9,15)16/h1,3H. The predicted octanol–water partition coefficient (Wildman–Crippen LogP) is 4.75. The summed E-state index contributed by atoms with van der Waals surface area (Å²) in [6, 6.07) is 0. The third kappa shape index (κ3) is 2.68. The zero-order chi connectivity index (χ0) is 13.4. The molecule has 0 fully saturated rings. The van der Waals surface area contributed by atoms with Crippen LogP contribution in [0.3, 0.4) is 0 Å². The summed E-state index contributed by atoms with van der Waals surface area (Å²) in [6.45, 7) is 0. The molecule has 0 aliphatic heterocycles. The molecular weight excluding hydrogens is 311 g/mol. The van der Waals surface area contributed by atoms with E-state index >= 15 is 0 Å². The Kier molecular flexibility index (Phi) is 4.81. The van der Waals surface area contributed by atoms with Gasteiger partial charge in [0, 0.05) is 5.54 Å². The quantitative estimate of drug-likeness (QED) is 0.519. The van der Waals surface area contributed by atoms with Crippen LogP contribution in [0.2, 0.25) is 0 Å². The molecule has 0 amide bonds. The summed E-state index contributed by atoms with van der Waals surface area (Å²) in [6.07, 6.45) is -3.90. The van der Waals surface area contributed by atoms with E-state index in [-0.39, 0.29) is 5.54 Å². The Bertz CT molecular complexity index is 282. The smallest absolute Gasteiger partial charge is 0.234 e. The van der Waals surface area contributed by atoms with Gasteiger partial charge in [0.25, 0.3) is 0 Å². The third-order valence-corrected chi connectivity index (χ3v) is 2.32. The lowest BCUT2D eigenvalue weighted by molar-refractivity contribution is -0.293. The van der Waals surface area contributed by atoms with Gasteiger partial charge < -0.3 is 0 Å². The first-order chi connectivity index (χ1) is 6.89. The Balaban J connectivity index is 5.36. The molecule has 0 N–H and O–H groups in total. The summed E-state index contributed by atoms with van der Waals surface area (Å²) in [5.41, 5.74) is 0.0165. The lowest BCUT2D eigenvalue weighted by Crippen LogP contribution is -2.56. The number of allylic oxidation sites excluding steroid dienone is 1. The van der Waals surface area contributed by atoms with Gasteiger partial charge in [0.15, 0.2) is 0 Å². The summed E-state index contributed by atoms with van der Waals surface area (Å²) in [7, 11) is 0. The molecule has 0 spiro atoms. The van der Waals surface area contributed by atoms with Crippen molar-refractivity contribution in [2.24, 2.45) is 0 Å². The monoisotopic (exact) mass is 312 g/mol. The molecule has 0 nitrogen and oxygen atoms in total. The van der Waals surface area contributed by atoms with Gasteiger partial charge in [-0.3, -0.25) is 0 Å². The maximum absolute atomic E-state index is 12.7. The van der Waals surface area contributed by atoms with Gasteiger partial charge in [-0.25, -0.2) is 4.39 Å². The normalized spacial score (nSPS) is 17.5. The predicted molar refractivity (Wildman–Crippen MR) is 45.4 cm³/mol. The van der Waals surface area contributed by atoms with Crippen LogP contribution in [0.5, 0.6) is 0 Å². The van der Waals surface area contributed by atoms with Crippen LogP contribution in [-0.2, 0) is 0 Å². The van der Waals surface area contributed by atoms with Gasteiger partial charge in [0.1, 0.15) is 0 Å². The van der Waals surface area contributed by atoms with Crippen LogP contribution in [0.15, 0.2) is 10.6 Å². The third-order valence-electron chi connectivity index (χ3n) is 1.44. The van der Waals surface area contributed by atoms with E-state index in [9.17, 15) is 30.7 Å². The van der Waals surface area contributed by atoms with Crippen molar-refractivity contribution in [2.75, 3.05) is 0 Å². The van der Waals surface area contributed by atoms with E-state index in [1.54, 1.807) is 0 Å². The second-order valence-electron chi connectivity index (χ2n) is 2.55. The van der Waals surface area contributed by atoms with E-state index in [2.05, 4.69) is 23.2 Å². The molecule has 0 saturated heterocycles. The second kappa shape index (κ2) is 4.78. The van der Waals surface area contributed by atoms with Gasteiger partial charge >= 0.3 is 17.2 Å². The SMILES string of the molecule is FC(C(Cl)=CCl)C(F)(F)C(F)(F)C(F)(F)Cl. The van der Waals surface area contributed by atoms with E-state index in [1.165, 1.54) is 0 Å². The van der Waals surface area contributed by atoms with Crippen molar-refractivity contribution in [1.29, 1.82) is 0 Å². The number of alkyl halides is 8. The molecule has 0 radical (unpaired) electrons. The molecule has 0 aromatic heterocycles. The summed E-state index contributed by atoms with van der Waals surface area (Å²) < 4.78 is 86.9. The van der Waals surface area contributed by atoms with E-state index in [4.69, 9.17) is 11.6 Å². The first-order valence-electron chi connectivity index (χ1n) is 3.31. The maximum atomic E-state index is 12.7. The van der Waals surface area contributed by atoms with Gasteiger partial charge in [-0.05, 0) is 11.6 Å². The molecule has 0 aliphatic carbocycles. The molecule has 0 saturated carbocycles. The fourth-order valence-corrected chi connectivity index (χ4v) is 0.950. The molecule has 16 heavy (non-hydrogen) atoms. The van der Waals surface area contributed by atoms with Gasteiger partial charge in [-0.15, -0.1) is 0 Å². The molecule has 0 bridgehead atoms. The van der Waals surface area contributed by atoms with Crippen LogP contribution < -0.4 is 0 Å². The van der Waals surface area contributed by atoms with Crippen molar-refractivity contribution in [2.45, 2.75) is 23.4 Å². The minimum atomic E-state index is -6.12. The number of halogens is 10. The van der Waals surface area contributed by atoms with Crippen molar-refractivity contribution in [3.8, 4) is 0 Å². The molecule has 96 valence electrons. The van der Waals surface area contributed by atoms with Crippen LogP contribution >= 0.6 is 34.8 Å². The zero-order valence-electron chi connectivity index (χ0n) is 6.93. The van der Waals surface area contributed by atoms with Gasteiger partial charge in [0.2, 0.25) is 6.17 Å². The molecule has 10 heteroatoms. The molecule has 0 aliphatic rings. The fraction of sp³-hybridized carbons (Fsp3) is 0.667. The highest BCUT2D eigenvalue weighted by molar-refractivity contribution is 6.37. The lowest BCUT2D eigenvalue weighted by atomic mass is 10.1. The van der Waals surface area contributed by atoms with Crippen molar-refractivity contribution >= 4 is 34.8 Å².